The van der Waals surface area contributed by atoms with Gasteiger partial charge in [-0.25, -0.2) is 0 Å². The van der Waals surface area contributed by atoms with Crippen molar-refractivity contribution in [3.05, 3.63) is 36.5 Å². The quantitative estimate of drug-likeness (QED) is 0.810. The van der Waals surface area contributed by atoms with E-state index in [-0.39, 0.29) is 17.3 Å². The Hall–Kier alpha value is -2.01. The van der Waals surface area contributed by atoms with Gasteiger partial charge in [0.1, 0.15) is 0 Å². The average molecular weight is 245 g/mol. The van der Waals surface area contributed by atoms with E-state index in [1.165, 1.54) is 0 Å². The summed E-state index contributed by atoms with van der Waals surface area (Å²) in [6, 6.07) is 9.55. The summed E-state index contributed by atoms with van der Waals surface area (Å²) in [5.41, 5.74) is 6.82. The van der Waals surface area contributed by atoms with Crippen molar-refractivity contribution in [3.63, 3.8) is 0 Å². The molecule has 86 valence electrons. The van der Waals surface area contributed by atoms with E-state index in [9.17, 15) is 4.79 Å². The number of rotatable bonds is 3. The van der Waals surface area contributed by atoms with Crippen molar-refractivity contribution in [3.8, 4) is 0 Å². The van der Waals surface area contributed by atoms with E-state index in [1.54, 1.807) is 6.20 Å². The van der Waals surface area contributed by atoms with E-state index in [4.69, 9.17) is 5.73 Å². The van der Waals surface area contributed by atoms with Crippen LogP contribution in [0.3, 0.4) is 0 Å². The van der Waals surface area contributed by atoms with Crippen LogP contribution in [-0.2, 0) is 4.79 Å². The predicted octanol–water partition coefficient (Wildman–Crippen LogP) is 1.85. The molecule has 0 radical (unpaired) electrons. The molecule has 4 nitrogen and oxygen atoms in total. The van der Waals surface area contributed by atoms with Crippen molar-refractivity contribution >= 4 is 39.7 Å². The summed E-state index contributed by atoms with van der Waals surface area (Å²) in [7, 11) is 0. The molecule has 0 bridgehead atoms. The maximum absolute atomic E-state index is 11.5. The summed E-state index contributed by atoms with van der Waals surface area (Å²) in [5.74, 6) is -0.227. The lowest BCUT2D eigenvalue weighted by Gasteiger charge is -2.05. The molecule has 0 saturated heterocycles. The molecule has 1 aromatic carbocycles. The molecule has 2 aromatic rings. The Labute approximate surface area is 104 Å². The first-order chi connectivity index (χ1) is 8.15. The number of carbonyl (C=O) groups excluding carboxylic acids is 1. The summed E-state index contributed by atoms with van der Waals surface area (Å²) >= 11 is 4.67. The van der Waals surface area contributed by atoms with Crippen LogP contribution in [-0.4, -0.2) is 15.9 Å². The van der Waals surface area contributed by atoms with Gasteiger partial charge in [-0.2, -0.15) is 0 Å². The summed E-state index contributed by atoms with van der Waals surface area (Å²) in [6.07, 6.45) is 1.65. The fourth-order valence-electron chi connectivity index (χ4n) is 1.50. The zero-order valence-electron chi connectivity index (χ0n) is 9.01. The molecule has 3 N–H and O–H groups in total. The molecule has 1 heterocycles. The normalized spacial score (nSPS) is 10.1. The maximum Gasteiger partial charge on any atom is 0.231 e. The Bertz CT molecular complexity index is 583. The third kappa shape index (κ3) is 2.98. The van der Waals surface area contributed by atoms with Crippen molar-refractivity contribution in [1.82, 2.24) is 4.98 Å². The molecule has 0 saturated carbocycles. The van der Waals surface area contributed by atoms with Crippen LogP contribution in [0.5, 0.6) is 0 Å². The smallest absolute Gasteiger partial charge is 0.231 e. The minimum absolute atomic E-state index is 0.0438. The number of nitrogens with one attached hydrogen (secondary N) is 1. The van der Waals surface area contributed by atoms with E-state index in [0.29, 0.717) is 5.69 Å². The van der Waals surface area contributed by atoms with Crippen molar-refractivity contribution < 1.29 is 4.79 Å². The van der Waals surface area contributed by atoms with Gasteiger partial charge >= 0.3 is 0 Å². The Morgan fingerprint density at radius 1 is 1.41 bits per heavy atom. The first-order valence-corrected chi connectivity index (χ1v) is 5.49. The zero-order valence-corrected chi connectivity index (χ0v) is 9.83. The Morgan fingerprint density at radius 3 is 2.94 bits per heavy atom. The minimum Gasteiger partial charge on any atom is -0.393 e. The number of para-hydroxylation sites is 1. The molecule has 0 spiro atoms. The van der Waals surface area contributed by atoms with Crippen molar-refractivity contribution in [1.29, 1.82) is 0 Å². The lowest BCUT2D eigenvalue weighted by Crippen LogP contribution is -2.20. The first kappa shape index (κ1) is 11.5. The third-order valence-corrected chi connectivity index (χ3v) is 2.35. The summed E-state index contributed by atoms with van der Waals surface area (Å²) in [4.78, 5) is 15.9. The number of anilines is 1. The number of nitrogens with zero attached hydrogens (tertiary/aromatic N) is 1. The minimum atomic E-state index is -0.227. The molecule has 0 fully saturated rings. The number of amides is 1. The molecule has 2 rings (SSSR count). The second-order valence-electron chi connectivity index (χ2n) is 3.61. The first-order valence-electron chi connectivity index (χ1n) is 5.08. The lowest BCUT2D eigenvalue weighted by atomic mass is 10.2. The molecule has 0 unspecified atom stereocenters. The topological polar surface area (TPSA) is 68.0 Å². The monoisotopic (exact) mass is 245 g/mol. The molecule has 0 aliphatic carbocycles. The summed E-state index contributed by atoms with van der Waals surface area (Å²) in [6.45, 7) is 0. The zero-order chi connectivity index (χ0) is 12.3. The molecular weight excluding hydrogens is 234 g/mol. The van der Waals surface area contributed by atoms with Gasteiger partial charge in [0.05, 0.1) is 28.8 Å². The lowest BCUT2D eigenvalue weighted by molar-refractivity contribution is -0.115. The van der Waals surface area contributed by atoms with E-state index < -0.39 is 0 Å². The van der Waals surface area contributed by atoms with Crippen molar-refractivity contribution in [2.45, 2.75) is 6.42 Å². The highest BCUT2D eigenvalue weighted by Crippen LogP contribution is 2.15. The number of thiocarbonyl (C=S) groups is 1. The number of hydrogen-bond acceptors (Lipinski definition) is 3. The molecular formula is C12H11N3OS. The molecule has 0 aliphatic rings. The van der Waals surface area contributed by atoms with Crippen LogP contribution in [0.25, 0.3) is 10.9 Å². The molecule has 1 aromatic heterocycles. The number of aromatic nitrogens is 1. The van der Waals surface area contributed by atoms with E-state index in [0.717, 1.165) is 10.9 Å². The number of hydrogen-bond donors (Lipinski definition) is 2. The van der Waals surface area contributed by atoms with Crippen molar-refractivity contribution in [2.75, 3.05) is 5.32 Å². The predicted molar refractivity (Wildman–Crippen MR) is 71.8 cm³/mol. The maximum atomic E-state index is 11.5. The van der Waals surface area contributed by atoms with Gasteiger partial charge in [-0.1, -0.05) is 30.4 Å². The second-order valence-corrected chi connectivity index (χ2v) is 4.13. The number of nitrogens with two attached hydrogens (primary N) is 1. The third-order valence-electron chi connectivity index (χ3n) is 2.21. The summed E-state index contributed by atoms with van der Waals surface area (Å²) in [5, 5.41) is 3.67. The van der Waals surface area contributed by atoms with Gasteiger partial charge in [-0.3, -0.25) is 9.78 Å². The van der Waals surface area contributed by atoms with E-state index in [1.807, 2.05) is 30.3 Å². The largest absolute Gasteiger partial charge is 0.393 e. The summed E-state index contributed by atoms with van der Waals surface area (Å²) < 4.78 is 0. The molecule has 0 atom stereocenters. The molecule has 0 aliphatic heterocycles. The number of fused-ring (bicyclic) bond motifs is 1. The van der Waals surface area contributed by atoms with Gasteiger partial charge in [0.2, 0.25) is 5.91 Å². The molecule has 17 heavy (non-hydrogen) atoms. The Kier molecular flexibility index (Phi) is 3.30. The van der Waals surface area contributed by atoms with Gasteiger partial charge in [0.15, 0.2) is 0 Å². The Balaban J connectivity index is 2.19. The van der Waals surface area contributed by atoms with Crippen LogP contribution in [0.1, 0.15) is 6.42 Å². The fraction of sp³-hybridized carbons (Fsp3) is 0.0833. The SMILES string of the molecule is NC(=S)CC(=O)Nc1cnc2ccccc2c1. The van der Waals surface area contributed by atoms with Gasteiger partial charge in [-0.05, 0) is 12.1 Å². The van der Waals surface area contributed by atoms with Crippen LogP contribution in [0.15, 0.2) is 36.5 Å². The molecule has 1 amide bonds. The highest BCUT2D eigenvalue weighted by atomic mass is 32.1. The van der Waals surface area contributed by atoms with E-state index in [2.05, 4.69) is 22.5 Å². The van der Waals surface area contributed by atoms with Gasteiger partial charge < -0.3 is 11.1 Å². The van der Waals surface area contributed by atoms with Gasteiger partial charge in [-0.15, -0.1) is 0 Å². The highest BCUT2D eigenvalue weighted by molar-refractivity contribution is 7.80. The Morgan fingerprint density at radius 2 is 2.18 bits per heavy atom. The van der Waals surface area contributed by atoms with E-state index >= 15 is 0 Å². The van der Waals surface area contributed by atoms with Crippen LogP contribution in [0, 0.1) is 0 Å². The van der Waals surface area contributed by atoms with Crippen LogP contribution < -0.4 is 11.1 Å². The van der Waals surface area contributed by atoms with Crippen LogP contribution in [0.4, 0.5) is 5.69 Å². The van der Waals surface area contributed by atoms with Crippen molar-refractivity contribution in [2.24, 2.45) is 5.73 Å². The van der Waals surface area contributed by atoms with Gasteiger partial charge in [0, 0.05) is 5.39 Å². The molecule has 5 heteroatoms. The number of carbonyl (C=O) groups is 1. The highest BCUT2D eigenvalue weighted by Gasteiger charge is 2.04. The number of pyridine rings is 1. The van der Waals surface area contributed by atoms with Crippen LogP contribution in [0.2, 0.25) is 0 Å². The standard InChI is InChI=1S/C12H11N3OS/c13-11(17)6-12(16)15-9-5-8-3-1-2-4-10(8)14-7-9/h1-5,7H,6H2,(H2,13,17)(H,15,16). The second kappa shape index (κ2) is 4.88. The number of benzene rings is 1. The fourth-order valence-corrected chi connectivity index (χ4v) is 1.63. The van der Waals surface area contributed by atoms with Gasteiger partial charge in [0.25, 0.3) is 0 Å². The van der Waals surface area contributed by atoms with Crippen LogP contribution >= 0.6 is 12.2 Å². The average Bonchev–Trinajstić information content (AvgIpc) is 2.27.